The summed E-state index contributed by atoms with van der Waals surface area (Å²) >= 11 is 0. The van der Waals surface area contributed by atoms with Crippen LogP contribution in [0.3, 0.4) is 0 Å². The molecule has 9 rings (SSSR count). The predicted octanol–water partition coefficient (Wildman–Crippen LogP) is 13.0. The van der Waals surface area contributed by atoms with Gasteiger partial charge in [0.2, 0.25) is 5.69 Å². The van der Waals surface area contributed by atoms with Gasteiger partial charge in [0, 0.05) is 41.5 Å². The average molecular weight is 779 g/mol. The molecule has 6 aromatic carbocycles. The molecule has 0 aliphatic carbocycles. The molecule has 1 aromatic heterocycles. The first-order valence-corrected chi connectivity index (χ1v) is 21.6. The Morgan fingerprint density at radius 3 is 2.03 bits per heavy atom. The summed E-state index contributed by atoms with van der Waals surface area (Å²) in [7, 11) is 4.33. The van der Waals surface area contributed by atoms with Crippen LogP contribution in [0.4, 0.5) is 10.1 Å². The second-order valence-corrected chi connectivity index (χ2v) is 17.6. The number of unbranched alkanes of at least 4 members (excludes halogenated alkanes) is 2. The molecule has 59 heavy (non-hydrogen) atoms. The maximum absolute atomic E-state index is 15.8. The Kier molecular flexibility index (Phi) is 10.3. The second kappa shape index (κ2) is 15.5. The largest absolute Gasteiger partial charge is 0.350 e. The minimum Gasteiger partial charge on any atom is -0.350 e. The van der Waals surface area contributed by atoms with E-state index >= 15 is 4.39 Å². The summed E-state index contributed by atoms with van der Waals surface area (Å²) in [4.78, 5) is 5.09. The molecule has 2 aliphatic heterocycles. The van der Waals surface area contributed by atoms with Gasteiger partial charge in [-0.15, -0.1) is 0 Å². The van der Waals surface area contributed by atoms with Crippen LogP contribution < -0.4 is 9.47 Å². The van der Waals surface area contributed by atoms with Crippen molar-refractivity contribution in [3.8, 4) is 44.6 Å². The molecule has 0 bridgehead atoms. The number of aromatic nitrogens is 1. The lowest BCUT2D eigenvalue weighted by molar-refractivity contribution is -0.659. The van der Waals surface area contributed by atoms with Crippen molar-refractivity contribution in [3.05, 3.63) is 165 Å². The normalized spacial score (nSPS) is 14.8. The summed E-state index contributed by atoms with van der Waals surface area (Å²) in [5, 5.41) is 2.35. The van der Waals surface area contributed by atoms with E-state index < -0.39 is 0 Å². The molecule has 1 atom stereocenters. The molecule has 298 valence electrons. The Morgan fingerprint density at radius 1 is 0.576 bits per heavy atom. The number of aryl methyl sites for hydroxylation is 9. The van der Waals surface area contributed by atoms with Crippen LogP contribution in [-0.4, -0.2) is 25.0 Å². The third kappa shape index (κ3) is 6.96. The van der Waals surface area contributed by atoms with Crippen molar-refractivity contribution in [2.75, 3.05) is 25.0 Å². The Bertz CT molecular complexity index is 2780. The number of pyridine rings is 1. The Labute approximate surface area is 350 Å². The highest BCUT2D eigenvalue weighted by molar-refractivity contribution is 5.94. The monoisotopic (exact) mass is 778 g/mol. The van der Waals surface area contributed by atoms with E-state index in [4.69, 9.17) is 0 Å². The van der Waals surface area contributed by atoms with Crippen LogP contribution in [0.25, 0.3) is 55.4 Å². The first-order valence-electron chi connectivity index (χ1n) is 21.6. The molecule has 1 unspecified atom stereocenters. The van der Waals surface area contributed by atoms with Gasteiger partial charge in [0.15, 0.2) is 6.20 Å². The minimum atomic E-state index is -0.167. The number of halogens is 1. The summed E-state index contributed by atoms with van der Waals surface area (Å²) < 4.78 is 18.0. The van der Waals surface area contributed by atoms with Gasteiger partial charge in [0.25, 0.3) is 0 Å². The van der Waals surface area contributed by atoms with Crippen LogP contribution in [0.2, 0.25) is 0 Å². The van der Waals surface area contributed by atoms with Crippen molar-refractivity contribution >= 4 is 16.5 Å². The molecule has 7 aromatic rings. The lowest BCUT2D eigenvalue weighted by Crippen LogP contribution is -2.32. The van der Waals surface area contributed by atoms with Crippen molar-refractivity contribution < 1.29 is 8.96 Å². The van der Waals surface area contributed by atoms with E-state index in [1.54, 1.807) is 6.07 Å². The fourth-order valence-corrected chi connectivity index (χ4v) is 10.3. The topological polar surface area (TPSA) is 10.4 Å². The highest BCUT2D eigenvalue weighted by atomic mass is 19.1. The Hall–Kier alpha value is -5.58. The van der Waals surface area contributed by atoms with Gasteiger partial charge in [-0.05, 0) is 177 Å². The zero-order chi connectivity index (χ0) is 41.1. The molecule has 4 heteroatoms. The SMILES string of the molecule is Cc1cc(-c2ccc3c(c2)-c2cccc(C)c2C2N(C)CCN32)c(C)cc1CCCCCc1cc(C)c(-c2cc(-c3c4ccccc4cc[n+]3C)c(C)cc2F)cc1C. The van der Waals surface area contributed by atoms with Crippen molar-refractivity contribution in [1.29, 1.82) is 0 Å². The molecular formula is C55H57FN3+. The van der Waals surface area contributed by atoms with Crippen LogP contribution in [0.15, 0.2) is 109 Å². The second-order valence-electron chi connectivity index (χ2n) is 17.6. The molecule has 0 N–H and O–H groups in total. The van der Waals surface area contributed by atoms with Crippen molar-refractivity contribution in [3.63, 3.8) is 0 Å². The van der Waals surface area contributed by atoms with Crippen LogP contribution in [-0.2, 0) is 19.9 Å². The van der Waals surface area contributed by atoms with Crippen molar-refractivity contribution in [2.45, 2.75) is 79.8 Å². The van der Waals surface area contributed by atoms with Gasteiger partial charge in [-0.3, -0.25) is 4.90 Å². The van der Waals surface area contributed by atoms with Gasteiger partial charge in [-0.2, -0.15) is 0 Å². The smallest absolute Gasteiger partial charge is 0.220 e. The van der Waals surface area contributed by atoms with Crippen molar-refractivity contribution in [1.82, 2.24) is 4.90 Å². The van der Waals surface area contributed by atoms with E-state index in [1.807, 2.05) is 6.92 Å². The van der Waals surface area contributed by atoms with Gasteiger partial charge in [-0.1, -0.05) is 73.2 Å². The molecule has 0 saturated carbocycles. The lowest BCUT2D eigenvalue weighted by Gasteiger charge is -2.38. The number of likely N-dealkylation sites (N-methyl/N-ethyl adjacent to an activating group) is 1. The van der Waals surface area contributed by atoms with Crippen molar-refractivity contribution in [2.24, 2.45) is 7.05 Å². The van der Waals surface area contributed by atoms with Crippen LogP contribution in [0, 0.1) is 47.4 Å². The van der Waals surface area contributed by atoms with E-state index in [1.165, 1.54) is 90.5 Å². The van der Waals surface area contributed by atoms with E-state index in [9.17, 15) is 0 Å². The van der Waals surface area contributed by atoms with Gasteiger partial charge < -0.3 is 4.90 Å². The highest BCUT2D eigenvalue weighted by Crippen LogP contribution is 2.50. The van der Waals surface area contributed by atoms with Crippen LogP contribution >= 0.6 is 0 Å². The fourth-order valence-electron chi connectivity index (χ4n) is 10.3. The standard InChI is InChI=1S/C55H57FN3/c1-34-15-14-20-45-50-32-43(21-22-52(50)59-26-25-58(8)55(59)53(34)45)46-29-35(2)41(27-37(46)4)17-10-9-11-18-42-28-38(5)47(30-36(42)3)49-33-48(39(6)31-51(49)56)54-44-19-13-12-16-40(44)23-24-57(54)7/h12-16,19-24,27-33,55H,9-11,17-18,25-26H2,1-8H3/q+1. The molecule has 0 spiro atoms. The zero-order valence-electron chi connectivity index (χ0n) is 36.1. The van der Waals surface area contributed by atoms with E-state index in [0.29, 0.717) is 11.7 Å². The number of fused-ring (bicyclic) bond motifs is 7. The lowest BCUT2D eigenvalue weighted by atomic mass is 9.86. The molecule has 1 fully saturated rings. The minimum absolute atomic E-state index is 0.167. The van der Waals surface area contributed by atoms with E-state index in [2.05, 4.69) is 166 Å². The van der Waals surface area contributed by atoms with Gasteiger partial charge in [0.1, 0.15) is 19.0 Å². The summed E-state index contributed by atoms with van der Waals surface area (Å²) in [6, 6.07) is 37.7. The Morgan fingerprint density at radius 2 is 1.27 bits per heavy atom. The maximum Gasteiger partial charge on any atom is 0.220 e. The molecular weight excluding hydrogens is 722 g/mol. The highest BCUT2D eigenvalue weighted by Gasteiger charge is 2.38. The quantitative estimate of drug-likeness (QED) is 0.107. The molecule has 3 nitrogen and oxygen atoms in total. The summed E-state index contributed by atoms with van der Waals surface area (Å²) in [6.45, 7) is 15.3. The first kappa shape index (κ1) is 38.9. The summed E-state index contributed by atoms with van der Waals surface area (Å²) in [6.07, 6.45) is 8.02. The first-order chi connectivity index (χ1) is 28.5. The molecule has 3 heterocycles. The number of hydrogen-bond acceptors (Lipinski definition) is 2. The maximum atomic E-state index is 15.8. The van der Waals surface area contributed by atoms with Crippen LogP contribution in [0.5, 0.6) is 0 Å². The average Bonchev–Trinajstić information content (AvgIpc) is 3.61. The molecule has 0 amide bonds. The number of nitrogens with zero attached hydrogens (tertiary/aromatic N) is 3. The third-order valence-corrected chi connectivity index (χ3v) is 13.6. The zero-order valence-corrected chi connectivity index (χ0v) is 36.1. The van der Waals surface area contributed by atoms with Gasteiger partial charge >= 0.3 is 0 Å². The number of anilines is 1. The predicted molar refractivity (Wildman–Crippen MR) is 246 cm³/mol. The number of hydrogen-bond donors (Lipinski definition) is 0. The fraction of sp³-hybridized carbons (Fsp3) is 0.291. The van der Waals surface area contributed by atoms with E-state index in [-0.39, 0.29) is 5.82 Å². The molecule has 0 radical (unpaired) electrons. The van der Waals surface area contributed by atoms with E-state index in [0.717, 1.165) is 60.3 Å². The van der Waals surface area contributed by atoms with Crippen LogP contribution in [0.1, 0.15) is 75.5 Å². The number of benzene rings is 6. The van der Waals surface area contributed by atoms with Gasteiger partial charge in [0.05, 0.1) is 10.9 Å². The third-order valence-electron chi connectivity index (χ3n) is 13.6. The van der Waals surface area contributed by atoms with Gasteiger partial charge in [-0.25, -0.2) is 8.96 Å². The summed E-state index contributed by atoms with van der Waals surface area (Å²) in [5.41, 5.74) is 22.2. The summed E-state index contributed by atoms with van der Waals surface area (Å²) in [5.74, 6) is -0.167. The molecule has 2 aliphatic rings. The number of rotatable bonds is 9. The molecule has 1 saturated heterocycles. The Balaban J connectivity index is 0.879.